The first-order valence-electron chi connectivity index (χ1n) is 12.2. The van der Waals surface area contributed by atoms with Gasteiger partial charge in [0.05, 0.1) is 13.2 Å². The van der Waals surface area contributed by atoms with Crippen LogP contribution >= 0.6 is 0 Å². The highest BCUT2D eigenvalue weighted by atomic mass is 16.7. The van der Waals surface area contributed by atoms with Crippen LogP contribution in [0.15, 0.2) is 0 Å². The van der Waals surface area contributed by atoms with Crippen molar-refractivity contribution < 1.29 is 50.0 Å². The van der Waals surface area contributed by atoms with Crippen LogP contribution in [0.3, 0.4) is 0 Å². The second kappa shape index (κ2) is 14.8. The second-order valence-electron chi connectivity index (χ2n) is 8.99. The van der Waals surface area contributed by atoms with Gasteiger partial charge in [0.25, 0.3) is 0 Å². The van der Waals surface area contributed by atoms with Crippen LogP contribution in [0.1, 0.15) is 58.3 Å². The molecule has 0 aromatic carbocycles. The number of aliphatic hydroxyl groups is 7. The summed E-state index contributed by atoms with van der Waals surface area (Å²) in [5.74, 6) is 0. The van der Waals surface area contributed by atoms with Crippen LogP contribution < -0.4 is 5.32 Å². The van der Waals surface area contributed by atoms with Crippen LogP contribution in [0.4, 0.5) is 0 Å². The maximum Gasteiger partial charge on any atom is 0.187 e. The number of aliphatic hydroxyl groups excluding tert-OH is 7. The van der Waals surface area contributed by atoms with Crippen LogP contribution in [-0.2, 0) is 14.2 Å². The van der Waals surface area contributed by atoms with Gasteiger partial charge in [-0.3, -0.25) is 5.32 Å². The summed E-state index contributed by atoms with van der Waals surface area (Å²) in [6, 6.07) is 0. The summed E-state index contributed by atoms with van der Waals surface area (Å²) >= 11 is 0. The van der Waals surface area contributed by atoms with Crippen molar-refractivity contribution in [3.63, 3.8) is 0 Å². The van der Waals surface area contributed by atoms with Gasteiger partial charge in [0.2, 0.25) is 0 Å². The Bertz CT molecular complexity index is 525. The average Bonchev–Trinajstić information content (AvgIpc) is 2.82. The van der Waals surface area contributed by atoms with Gasteiger partial charge >= 0.3 is 0 Å². The third-order valence-electron chi connectivity index (χ3n) is 6.38. The van der Waals surface area contributed by atoms with Gasteiger partial charge in [-0.25, -0.2) is 0 Å². The molecule has 2 aliphatic heterocycles. The molecule has 1 unspecified atom stereocenters. The van der Waals surface area contributed by atoms with E-state index < -0.39 is 74.6 Å². The van der Waals surface area contributed by atoms with Gasteiger partial charge in [0.1, 0.15) is 55.1 Å². The molecule has 2 rings (SSSR count). The van der Waals surface area contributed by atoms with Gasteiger partial charge in [-0.05, 0) is 13.0 Å². The van der Waals surface area contributed by atoms with Crippen LogP contribution in [-0.4, -0.2) is 117 Å². The van der Waals surface area contributed by atoms with Crippen LogP contribution in [0.2, 0.25) is 0 Å². The Labute approximate surface area is 195 Å². The predicted molar refractivity (Wildman–Crippen MR) is 117 cm³/mol. The Hall–Kier alpha value is -0.440. The lowest BCUT2D eigenvalue weighted by atomic mass is 9.96. The molecule has 2 heterocycles. The molecule has 2 saturated heterocycles. The monoisotopic (exact) mass is 481 g/mol. The summed E-state index contributed by atoms with van der Waals surface area (Å²) in [4.78, 5) is 0. The lowest BCUT2D eigenvalue weighted by molar-refractivity contribution is -0.343. The molecule has 0 aromatic heterocycles. The molecule has 0 aromatic rings. The van der Waals surface area contributed by atoms with Crippen molar-refractivity contribution >= 4 is 0 Å². The Morgan fingerprint density at radius 2 is 1.27 bits per heavy atom. The van der Waals surface area contributed by atoms with E-state index in [-0.39, 0.29) is 0 Å². The highest BCUT2D eigenvalue weighted by Crippen LogP contribution is 2.28. The van der Waals surface area contributed by atoms with Crippen molar-refractivity contribution in [1.29, 1.82) is 0 Å². The lowest BCUT2D eigenvalue weighted by Crippen LogP contribution is -2.66. The smallest absolute Gasteiger partial charge is 0.187 e. The summed E-state index contributed by atoms with van der Waals surface area (Å²) in [6.07, 6.45) is -4.45. The van der Waals surface area contributed by atoms with Gasteiger partial charge in [0, 0.05) is 0 Å². The molecule has 0 amide bonds. The summed E-state index contributed by atoms with van der Waals surface area (Å²) in [5, 5.41) is 73.2. The van der Waals surface area contributed by atoms with E-state index in [1.807, 2.05) is 0 Å². The molecule has 2 aliphatic rings. The fourth-order valence-electron chi connectivity index (χ4n) is 4.26. The number of rotatable bonds is 14. The fourth-order valence-corrected chi connectivity index (χ4v) is 4.26. The molecule has 2 fully saturated rings. The Balaban J connectivity index is 1.82. The summed E-state index contributed by atoms with van der Waals surface area (Å²) in [6.45, 7) is 1.59. The fraction of sp³-hybridized carbons (Fsp3) is 1.00. The van der Waals surface area contributed by atoms with Gasteiger partial charge in [-0.2, -0.15) is 0 Å². The van der Waals surface area contributed by atoms with Crippen LogP contribution in [0.5, 0.6) is 0 Å². The van der Waals surface area contributed by atoms with E-state index in [2.05, 4.69) is 12.2 Å². The van der Waals surface area contributed by atoms with Crippen molar-refractivity contribution in [1.82, 2.24) is 5.32 Å². The zero-order valence-electron chi connectivity index (χ0n) is 19.4. The second-order valence-corrected chi connectivity index (χ2v) is 8.99. The zero-order chi connectivity index (χ0) is 24.4. The molecule has 0 saturated carbocycles. The van der Waals surface area contributed by atoms with Crippen LogP contribution in [0.25, 0.3) is 0 Å². The van der Waals surface area contributed by atoms with Crippen molar-refractivity contribution in [2.45, 2.75) is 120 Å². The Morgan fingerprint density at radius 1 is 0.667 bits per heavy atom. The highest BCUT2D eigenvalue weighted by Gasteiger charge is 2.50. The van der Waals surface area contributed by atoms with Crippen molar-refractivity contribution in [2.75, 3.05) is 19.8 Å². The Kier molecular flexibility index (Phi) is 13.0. The number of unbranched alkanes of at least 4 members (excludes halogenated alkanes) is 7. The largest absolute Gasteiger partial charge is 0.394 e. The minimum Gasteiger partial charge on any atom is -0.394 e. The highest BCUT2D eigenvalue weighted by molar-refractivity contribution is 4.95. The van der Waals surface area contributed by atoms with Gasteiger partial charge in [-0.1, -0.05) is 51.9 Å². The number of ether oxygens (including phenoxy) is 3. The zero-order valence-corrected chi connectivity index (χ0v) is 19.4. The van der Waals surface area contributed by atoms with Gasteiger partial charge < -0.3 is 50.0 Å². The summed E-state index contributed by atoms with van der Waals surface area (Å²) in [5.41, 5.74) is 0. The molecule has 196 valence electrons. The van der Waals surface area contributed by atoms with E-state index in [9.17, 15) is 35.7 Å². The first-order valence-corrected chi connectivity index (χ1v) is 12.2. The lowest BCUT2D eigenvalue weighted by Gasteiger charge is -2.46. The average molecular weight is 482 g/mol. The maximum absolute atomic E-state index is 10.6. The molecular formula is C22H43NO10. The molecular weight excluding hydrogens is 438 g/mol. The van der Waals surface area contributed by atoms with Crippen molar-refractivity contribution in [3.05, 3.63) is 0 Å². The first-order chi connectivity index (χ1) is 15.8. The SMILES string of the molecule is CCCCCCCCCCNC1O[C@H](CO)[C@@H](O[C@@H]2O[C@H](CO)[C@H](O)[C@H](O)[C@H]2O)[C@H](O)[C@H]1O. The quantitative estimate of drug-likeness (QED) is 0.133. The molecule has 0 spiro atoms. The minimum absolute atomic E-state index is 0.540. The van der Waals surface area contributed by atoms with Gasteiger partial charge in [0.15, 0.2) is 6.29 Å². The van der Waals surface area contributed by atoms with Crippen molar-refractivity contribution in [3.8, 4) is 0 Å². The maximum atomic E-state index is 10.6. The molecule has 33 heavy (non-hydrogen) atoms. The van der Waals surface area contributed by atoms with E-state index in [1.54, 1.807) is 0 Å². The third kappa shape index (κ3) is 8.04. The molecule has 10 atom stereocenters. The molecule has 11 nitrogen and oxygen atoms in total. The van der Waals surface area contributed by atoms with E-state index in [0.717, 1.165) is 19.3 Å². The van der Waals surface area contributed by atoms with E-state index in [4.69, 9.17) is 14.2 Å². The topological polar surface area (TPSA) is 181 Å². The van der Waals surface area contributed by atoms with E-state index >= 15 is 0 Å². The standard InChI is InChI=1S/C22H43NO10/c1-2-3-4-5-6-7-8-9-10-23-21-18(29)17(28)20(14(12-25)31-21)33-22-19(30)16(27)15(26)13(11-24)32-22/h13-30H,2-12H2,1H3/t13-,14-,15+,16+,17-,18-,19-,20-,21?,22+/m1/s1. The van der Waals surface area contributed by atoms with E-state index in [0.29, 0.717) is 6.54 Å². The minimum atomic E-state index is -1.68. The molecule has 0 radical (unpaired) electrons. The predicted octanol–water partition coefficient (Wildman–Crippen LogP) is -1.66. The van der Waals surface area contributed by atoms with Crippen molar-refractivity contribution in [2.24, 2.45) is 0 Å². The molecule has 11 heteroatoms. The number of hydrogen-bond donors (Lipinski definition) is 8. The molecule has 0 bridgehead atoms. The van der Waals surface area contributed by atoms with Gasteiger partial charge in [-0.15, -0.1) is 0 Å². The number of hydrogen-bond acceptors (Lipinski definition) is 11. The summed E-state index contributed by atoms with van der Waals surface area (Å²) < 4.78 is 16.5. The molecule has 0 aliphatic carbocycles. The molecule has 8 N–H and O–H groups in total. The summed E-state index contributed by atoms with van der Waals surface area (Å²) in [7, 11) is 0. The normalized spacial score (nSPS) is 39.6. The van der Waals surface area contributed by atoms with E-state index in [1.165, 1.54) is 32.1 Å². The third-order valence-corrected chi connectivity index (χ3v) is 6.38. The first kappa shape index (κ1) is 28.8. The number of nitrogens with one attached hydrogen (secondary N) is 1. The van der Waals surface area contributed by atoms with Crippen LogP contribution in [0, 0.1) is 0 Å². The Morgan fingerprint density at radius 3 is 1.88 bits per heavy atom.